The number of pyridine rings is 1. The average molecular weight is 494 g/mol. The molecule has 4 heterocycles. The van der Waals surface area contributed by atoms with Gasteiger partial charge < -0.3 is 19.4 Å². The van der Waals surface area contributed by atoms with Crippen molar-refractivity contribution >= 4 is 23.0 Å². The number of rotatable bonds is 8. The number of non-ortho nitro benzene ring substituents is 1. The van der Waals surface area contributed by atoms with Crippen molar-refractivity contribution in [3.8, 4) is 11.3 Å². The monoisotopic (exact) mass is 493 g/mol. The molecule has 3 aromatic rings. The Kier molecular flexibility index (Phi) is 7.03. The van der Waals surface area contributed by atoms with Gasteiger partial charge >= 0.3 is 0 Å². The zero-order chi connectivity index (χ0) is 24.2. The minimum Gasteiger partial charge on any atom is -0.459 e. The van der Waals surface area contributed by atoms with Crippen LogP contribution in [0, 0.1) is 10.1 Å². The van der Waals surface area contributed by atoms with E-state index < -0.39 is 4.92 Å². The van der Waals surface area contributed by atoms with Gasteiger partial charge in [-0.05, 0) is 55.0 Å². The molecule has 5 rings (SSSR count). The molecule has 0 amide bonds. The molecule has 35 heavy (non-hydrogen) atoms. The quantitative estimate of drug-likeness (QED) is 0.284. The van der Waals surface area contributed by atoms with Crippen LogP contribution in [0.15, 0.2) is 65.2 Å². The standard InChI is InChI=1S/C25H27N5O4S/c31-30(32)19-7-5-18(6-8-19)21-9-10-22(34-21)24-23(20-4-1-2-11-26-20)27-25(35)29(24)13-3-12-28-14-16-33-17-15-28/h1-2,4-11,23-24H,3,12-17H2,(H,27,35)/t23-,24+/m1/s1. The molecule has 2 aromatic heterocycles. The van der Waals surface area contributed by atoms with E-state index in [9.17, 15) is 10.1 Å². The SMILES string of the molecule is O=[N+]([O-])c1ccc(-c2ccc([C@H]3[C@@H](c4ccccn4)NC(=S)N3CCCN3CCOCC3)o2)cc1. The van der Waals surface area contributed by atoms with Crippen LogP contribution in [0.25, 0.3) is 11.3 Å². The van der Waals surface area contributed by atoms with Gasteiger partial charge in [-0.1, -0.05) is 6.07 Å². The molecule has 2 atom stereocenters. The number of aromatic nitrogens is 1. The number of nitrogens with one attached hydrogen (secondary N) is 1. The van der Waals surface area contributed by atoms with Crippen LogP contribution in [0.1, 0.15) is 30.0 Å². The molecule has 10 heteroatoms. The van der Waals surface area contributed by atoms with E-state index in [-0.39, 0.29) is 17.8 Å². The molecule has 2 fully saturated rings. The molecule has 182 valence electrons. The maximum absolute atomic E-state index is 11.0. The van der Waals surface area contributed by atoms with E-state index in [0.29, 0.717) is 10.9 Å². The van der Waals surface area contributed by atoms with Gasteiger partial charge in [0.1, 0.15) is 17.6 Å². The molecule has 1 aromatic carbocycles. The molecular weight excluding hydrogens is 466 g/mol. The van der Waals surface area contributed by atoms with Crippen molar-refractivity contribution in [3.05, 3.63) is 82.4 Å². The minimum absolute atomic E-state index is 0.0486. The van der Waals surface area contributed by atoms with Gasteiger partial charge in [-0.3, -0.25) is 20.0 Å². The molecule has 0 aliphatic carbocycles. The van der Waals surface area contributed by atoms with Gasteiger partial charge in [0.05, 0.1) is 29.9 Å². The number of hydrogen-bond acceptors (Lipinski definition) is 7. The van der Waals surface area contributed by atoms with E-state index in [4.69, 9.17) is 21.4 Å². The molecule has 0 radical (unpaired) electrons. The number of nitro benzene ring substituents is 1. The Balaban J connectivity index is 1.38. The lowest BCUT2D eigenvalue weighted by atomic mass is 10.0. The Hall–Kier alpha value is -3.34. The van der Waals surface area contributed by atoms with Crippen LogP contribution in [-0.4, -0.2) is 64.2 Å². The molecule has 0 unspecified atom stereocenters. The van der Waals surface area contributed by atoms with Gasteiger partial charge in [0, 0.05) is 50.1 Å². The smallest absolute Gasteiger partial charge is 0.269 e. The molecule has 2 saturated heterocycles. The van der Waals surface area contributed by atoms with Gasteiger partial charge in [0.25, 0.3) is 5.69 Å². The number of thiocarbonyl (C=S) groups is 1. The van der Waals surface area contributed by atoms with E-state index in [1.165, 1.54) is 12.1 Å². The zero-order valence-corrected chi connectivity index (χ0v) is 20.0. The third kappa shape index (κ3) is 5.19. The number of furan rings is 1. The fraction of sp³-hybridized carbons (Fsp3) is 0.360. The highest BCUT2D eigenvalue weighted by molar-refractivity contribution is 7.80. The lowest BCUT2D eigenvalue weighted by Gasteiger charge is -2.29. The summed E-state index contributed by atoms with van der Waals surface area (Å²) in [6.07, 6.45) is 2.74. The Morgan fingerprint density at radius 1 is 1.09 bits per heavy atom. The highest BCUT2D eigenvalue weighted by atomic mass is 32.1. The van der Waals surface area contributed by atoms with E-state index in [1.54, 1.807) is 18.3 Å². The highest BCUT2D eigenvalue weighted by Gasteiger charge is 2.41. The Morgan fingerprint density at radius 3 is 2.60 bits per heavy atom. The van der Waals surface area contributed by atoms with Crippen molar-refractivity contribution in [1.29, 1.82) is 0 Å². The molecule has 9 nitrogen and oxygen atoms in total. The molecule has 2 aliphatic heterocycles. The predicted molar refractivity (Wildman–Crippen MR) is 135 cm³/mol. The van der Waals surface area contributed by atoms with Crippen molar-refractivity contribution in [2.75, 3.05) is 39.4 Å². The summed E-state index contributed by atoms with van der Waals surface area (Å²) in [6.45, 7) is 5.25. The summed E-state index contributed by atoms with van der Waals surface area (Å²) in [5, 5.41) is 15.1. The van der Waals surface area contributed by atoms with E-state index >= 15 is 0 Å². The summed E-state index contributed by atoms with van der Waals surface area (Å²) >= 11 is 5.75. The second-order valence-electron chi connectivity index (χ2n) is 8.63. The number of nitro groups is 1. The first-order valence-corrected chi connectivity index (χ1v) is 12.1. The largest absolute Gasteiger partial charge is 0.459 e. The van der Waals surface area contributed by atoms with Crippen LogP contribution >= 0.6 is 12.2 Å². The number of morpholine rings is 1. The Labute approximate surface area is 208 Å². The summed E-state index contributed by atoms with van der Waals surface area (Å²) < 4.78 is 11.8. The van der Waals surface area contributed by atoms with E-state index in [2.05, 4.69) is 20.1 Å². The van der Waals surface area contributed by atoms with Crippen LogP contribution in [0.4, 0.5) is 5.69 Å². The first-order valence-electron chi connectivity index (χ1n) is 11.7. The number of benzene rings is 1. The maximum atomic E-state index is 11.0. The van der Waals surface area contributed by atoms with Gasteiger partial charge in [0.15, 0.2) is 5.11 Å². The van der Waals surface area contributed by atoms with Crippen LogP contribution in [-0.2, 0) is 4.74 Å². The molecule has 2 aliphatic rings. The van der Waals surface area contributed by atoms with Crippen LogP contribution < -0.4 is 5.32 Å². The zero-order valence-electron chi connectivity index (χ0n) is 19.2. The van der Waals surface area contributed by atoms with Crippen LogP contribution in [0.2, 0.25) is 0 Å². The molecule has 1 N–H and O–H groups in total. The van der Waals surface area contributed by atoms with E-state index in [1.807, 2.05) is 30.3 Å². The summed E-state index contributed by atoms with van der Waals surface area (Å²) in [6, 6.07) is 15.8. The number of hydrogen-bond donors (Lipinski definition) is 1. The first kappa shape index (κ1) is 23.4. The van der Waals surface area contributed by atoms with Gasteiger partial charge in [0.2, 0.25) is 0 Å². The van der Waals surface area contributed by atoms with Gasteiger partial charge in [-0.15, -0.1) is 0 Å². The van der Waals surface area contributed by atoms with Crippen molar-refractivity contribution in [2.45, 2.75) is 18.5 Å². The number of nitrogens with zero attached hydrogens (tertiary/aromatic N) is 4. The normalized spacial score (nSPS) is 20.7. The van der Waals surface area contributed by atoms with Crippen molar-refractivity contribution in [2.24, 2.45) is 0 Å². The van der Waals surface area contributed by atoms with Gasteiger partial charge in [-0.25, -0.2) is 0 Å². The Bertz CT molecular complexity index is 1160. The van der Waals surface area contributed by atoms with Crippen molar-refractivity contribution in [3.63, 3.8) is 0 Å². The van der Waals surface area contributed by atoms with Crippen molar-refractivity contribution in [1.82, 2.24) is 20.1 Å². The van der Waals surface area contributed by atoms with Crippen LogP contribution in [0.5, 0.6) is 0 Å². The third-order valence-electron chi connectivity index (χ3n) is 6.46. The third-order valence-corrected chi connectivity index (χ3v) is 6.81. The Morgan fingerprint density at radius 2 is 1.89 bits per heavy atom. The van der Waals surface area contributed by atoms with Crippen molar-refractivity contribution < 1.29 is 14.1 Å². The van der Waals surface area contributed by atoms with E-state index in [0.717, 1.165) is 62.8 Å². The lowest BCUT2D eigenvalue weighted by Crippen LogP contribution is -2.38. The fourth-order valence-electron chi connectivity index (χ4n) is 4.66. The summed E-state index contributed by atoms with van der Waals surface area (Å²) in [5.74, 6) is 1.42. The topological polar surface area (TPSA) is 96.9 Å². The second kappa shape index (κ2) is 10.5. The first-order chi connectivity index (χ1) is 17.1. The average Bonchev–Trinajstić information content (AvgIpc) is 3.50. The molecule has 0 saturated carbocycles. The second-order valence-corrected chi connectivity index (χ2v) is 9.02. The highest BCUT2D eigenvalue weighted by Crippen LogP contribution is 2.40. The molecule has 0 spiro atoms. The molecular formula is C25H27N5O4S. The number of ether oxygens (including phenoxy) is 1. The summed E-state index contributed by atoms with van der Waals surface area (Å²) in [7, 11) is 0. The summed E-state index contributed by atoms with van der Waals surface area (Å²) in [5.41, 5.74) is 1.72. The fourth-order valence-corrected chi connectivity index (χ4v) is 4.99. The molecule has 0 bridgehead atoms. The maximum Gasteiger partial charge on any atom is 0.269 e. The summed E-state index contributed by atoms with van der Waals surface area (Å²) in [4.78, 5) is 19.8. The van der Waals surface area contributed by atoms with Crippen LogP contribution in [0.3, 0.4) is 0 Å². The lowest BCUT2D eigenvalue weighted by molar-refractivity contribution is -0.384. The minimum atomic E-state index is -0.408. The predicted octanol–water partition coefficient (Wildman–Crippen LogP) is 3.94. The van der Waals surface area contributed by atoms with Gasteiger partial charge in [-0.2, -0.15) is 0 Å².